The van der Waals surface area contributed by atoms with Crippen molar-refractivity contribution in [1.82, 2.24) is 0 Å². The van der Waals surface area contributed by atoms with Gasteiger partial charge in [0.25, 0.3) is 0 Å². The van der Waals surface area contributed by atoms with Crippen molar-refractivity contribution in [2.24, 2.45) is 0 Å². The molecule has 0 fully saturated rings. The minimum atomic E-state index is -5.71. The van der Waals surface area contributed by atoms with Crippen LogP contribution in [0.2, 0.25) is 0 Å². The summed E-state index contributed by atoms with van der Waals surface area (Å²) in [4.78, 5) is 0. The molecule has 1 heterocycles. The Bertz CT molecular complexity index is 601. The highest BCUT2D eigenvalue weighted by Crippen LogP contribution is 2.57. The zero-order chi connectivity index (χ0) is 17.8. The van der Waals surface area contributed by atoms with Crippen LogP contribution in [0.25, 0.3) is 0 Å². The highest BCUT2D eigenvalue weighted by molar-refractivity contribution is 6.20. The fourth-order valence-corrected chi connectivity index (χ4v) is 2.53. The Labute approximate surface area is 130 Å². The summed E-state index contributed by atoms with van der Waals surface area (Å²) in [5.41, 5.74) is -5.75. The number of benzene rings is 1. The van der Waals surface area contributed by atoms with Crippen LogP contribution in [0.5, 0.6) is 5.75 Å². The molecule has 2 rings (SSSR count). The van der Waals surface area contributed by atoms with Crippen molar-refractivity contribution in [2.75, 3.05) is 0 Å². The Hall–Kier alpha value is -1.38. The third-order valence-electron chi connectivity index (χ3n) is 3.61. The van der Waals surface area contributed by atoms with Gasteiger partial charge in [-0.15, -0.1) is 0 Å². The molecule has 2 radical (unpaired) electrons. The number of aryl methyl sites for hydroxylation is 1. The maximum atomic E-state index is 13.4. The van der Waals surface area contributed by atoms with E-state index in [1.165, 1.54) is 13.0 Å². The van der Waals surface area contributed by atoms with Gasteiger partial charge in [0.05, 0.1) is 13.4 Å². The molecule has 0 amide bonds. The molecule has 1 aliphatic rings. The molecule has 0 bridgehead atoms. The van der Waals surface area contributed by atoms with Crippen LogP contribution in [0.3, 0.4) is 0 Å². The summed E-state index contributed by atoms with van der Waals surface area (Å²) >= 11 is 0. The lowest BCUT2D eigenvalue weighted by atomic mass is 9.79. The third kappa shape index (κ3) is 2.68. The molecule has 1 aromatic carbocycles. The number of hydrogen-bond donors (Lipinski definition) is 0. The minimum Gasteiger partial charge on any atom is -0.741 e. The molecule has 0 saturated carbocycles. The summed E-state index contributed by atoms with van der Waals surface area (Å²) < 4.78 is 89.4. The molecule has 1 aromatic rings. The first-order chi connectivity index (χ1) is 10.2. The van der Waals surface area contributed by atoms with Crippen molar-refractivity contribution < 1.29 is 35.7 Å². The lowest BCUT2D eigenvalue weighted by Gasteiger charge is -2.49. The van der Waals surface area contributed by atoms with E-state index in [9.17, 15) is 26.3 Å². The molecular formula is C14H14BF6O2-. The fourth-order valence-electron chi connectivity index (χ4n) is 2.53. The van der Waals surface area contributed by atoms with Gasteiger partial charge in [-0.1, -0.05) is 32.4 Å². The second kappa shape index (κ2) is 5.06. The first kappa shape index (κ1) is 18.0. The van der Waals surface area contributed by atoms with Crippen molar-refractivity contribution in [3.8, 4) is 5.75 Å². The predicted octanol–water partition coefficient (Wildman–Crippen LogP) is 4.56. The number of halogens is 6. The van der Waals surface area contributed by atoms with E-state index in [2.05, 4.69) is 4.65 Å². The van der Waals surface area contributed by atoms with Crippen molar-refractivity contribution in [1.29, 1.82) is 0 Å². The maximum absolute atomic E-state index is 13.4. The van der Waals surface area contributed by atoms with Crippen LogP contribution in [0.15, 0.2) is 12.1 Å². The molecule has 0 aromatic heterocycles. The molecule has 23 heavy (non-hydrogen) atoms. The Kier molecular flexibility index (Phi) is 3.95. The van der Waals surface area contributed by atoms with E-state index >= 15 is 0 Å². The van der Waals surface area contributed by atoms with E-state index in [1.54, 1.807) is 20.8 Å². The topological polar surface area (TPSA) is 18.5 Å². The second-order valence-electron chi connectivity index (χ2n) is 6.45. The van der Waals surface area contributed by atoms with Crippen LogP contribution in [-0.2, 0) is 15.7 Å². The van der Waals surface area contributed by atoms with Crippen LogP contribution >= 0.6 is 0 Å². The van der Waals surface area contributed by atoms with Crippen LogP contribution in [0.1, 0.15) is 37.5 Å². The smallest absolute Gasteiger partial charge is 0.427 e. The van der Waals surface area contributed by atoms with Gasteiger partial charge in [-0.3, -0.25) is 0 Å². The molecule has 0 atom stereocenters. The number of rotatable bonds is 0. The first-order valence-corrected chi connectivity index (χ1v) is 6.67. The van der Waals surface area contributed by atoms with Crippen LogP contribution < -0.4 is 4.65 Å². The molecule has 128 valence electrons. The average Bonchev–Trinajstić information content (AvgIpc) is 2.32. The van der Waals surface area contributed by atoms with Gasteiger partial charge >= 0.3 is 12.4 Å². The predicted molar refractivity (Wildman–Crippen MR) is 71.1 cm³/mol. The quantitative estimate of drug-likeness (QED) is 0.510. The maximum Gasteiger partial charge on any atom is 0.427 e. The zero-order valence-electron chi connectivity index (χ0n) is 12.8. The number of hydrogen-bond acceptors (Lipinski definition) is 2. The highest BCUT2D eigenvalue weighted by Gasteiger charge is 2.72. The van der Waals surface area contributed by atoms with E-state index in [-0.39, 0.29) is 18.8 Å². The Balaban J connectivity index is 2.89. The summed E-state index contributed by atoms with van der Waals surface area (Å²) in [6, 6.07) is 2.31. The van der Waals surface area contributed by atoms with Gasteiger partial charge in [0.2, 0.25) is 5.60 Å². The van der Waals surface area contributed by atoms with Crippen molar-refractivity contribution >= 4 is 7.69 Å². The Morgan fingerprint density at radius 2 is 1.48 bits per heavy atom. The van der Waals surface area contributed by atoms with Gasteiger partial charge in [-0.05, 0) is 24.0 Å². The Morgan fingerprint density at radius 1 is 0.957 bits per heavy atom. The zero-order valence-corrected chi connectivity index (χ0v) is 12.8. The van der Waals surface area contributed by atoms with E-state index in [4.69, 9.17) is 4.65 Å². The highest BCUT2D eigenvalue weighted by atomic mass is 19.4. The van der Waals surface area contributed by atoms with Gasteiger partial charge < -0.3 is 9.31 Å². The van der Waals surface area contributed by atoms with Gasteiger partial charge in [0.15, 0.2) is 0 Å². The fraction of sp³-hybridized carbons (Fsp3) is 0.571. The molecule has 0 saturated heterocycles. The summed E-state index contributed by atoms with van der Waals surface area (Å²) in [6.07, 6.45) is -11.4. The Morgan fingerprint density at radius 3 is 1.91 bits per heavy atom. The summed E-state index contributed by atoms with van der Waals surface area (Å²) in [5, 5.41) is 0. The summed E-state index contributed by atoms with van der Waals surface area (Å²) in [7, 11) is 0.105. The lowest BCUT2D eigenvalue weighted by molar-refractivity contribution is -0.370. The third-order valence-corrected chi connectivity index (χ3v) is 3.61. The second-order valence-corrected chi connectivity index (χ2v) is 6.45. The van der Waals surface area contributed by atoms with Crippen molar-refractivity contribution in [2.45, 2.75) is 51.1 Å². The van der Waals surface area contributed by atoms with Crippen LogP contribution in [0, 0.1) is 6.92 Å². The molecule has 1 aliphatic heterocycles. The first-order valence-electron chi connectivity index (χ1n) is 6.67. The van der Waals surface area contributed by atoms with E-state index < -0.39 is 34.7 Å². The molecular weight excluding hydrogens is 325 g/mol. The van der Waals surface area contributed by atoms with Gasteiger partial charge in [-0.25, -0.2) is 0 Å². The van der Waals surface area contributed by atoms with Crippen molar-refractivity contribution in [3.63, 3.8) is 0 Å². The monoisotopic (exact) mass is 339 g/mol. The standard InChI is InChI=1S/C14H14BF6O2/c1-7-5-8(11(2,3)4)10-9(6-7)12(13(16,17)18,14(19,20)21)23-15-22-10/h5-6H,1-4H3/q-1. The molecule has 0 aliphatic carbocycles. The molecule has 9 heteroatoms. The lowest BCUT2D eigenvalue weighted by Crippen LogP contribution is -2.59. The van der Waals surface area contributed by atoms with Gasteiger partial charge in [-0.2, -0.15) is 26.3 Å². The van der Waals surface area contributed by atoms with E-state index in [1.807, 2.05) is 0 Å². The molecule has 0 unspecified atom stereocenters. The molecule has 0 spiro atoms. The van der Waals surface area contributed by atoms with E-state index in [0.717, 1.165) is 6.07 Å². The number of fused-ring (bicyclic) bond motifs is 1. The largest absolute Gasteiger partial charge is 0.741 e. The van der Waals surface area contributed by atoms with E-state index in [0.29, 0.717) is 0 Å². The average molecular weight is 339 g/mol. The molecule has 0 N–H and O–H groups in total. The SMILES string of the molecule is Cc1cc(C(C)(C)C)c2c(c1)C(C(F)(F)F)(C(F)(F)F)O[B-]O2. The summed E-state index contributed by atoms with van der Waals surface area (Å²) in [5.74, 6) is -0.469. The van der Waals surface area contributed by atoms with Crippen LogP contribution in [-0.4, -0.2) is 20.0 Å². The van der Waals surface area contributed by atoms with Crippen LogP contribution in [0.4, 0.5) is 26.3 Å². The normalized spacial score (nSPS) is 18.3. The number of alkyl halides is 6. The molecule has 2 nitrogen and oxygen atoms in total. The van der Waals surface area contributed by atoms with Gasteiger partial charge in [0.1, 0.15) is 0 Å². The van der Waals surface area contributed by atoms with Crippen molar-refractivity contribution in [3.05, 3.63) is 28.8 Å². The summed E-state index contributed by atoms with van der Waals surface area (Å²) in [6.45, 7) is 6.43. The van der Waals surface area contributed by atoms with Gasteiger partial charge in [0, 0.05) is 5.56 Å². The minimum absolute atomic E-state index is 0.105.